The van der Waals surface area contributed by atoms with Gasteiger partial charge in [0.15, 0.2) is 5.13 Å². The van der Waals surface area contributed by atoms with E-state index in [0.29, 0.717) is 17.4 Å². The normalized spacial score (nSPS) is 11.2. The molecular formula is C20H16F3N3O2S. The number of hydrogen-bond acceptors (Lipinski definition) is 4. The monoisotopic (exact) mass is 419 g/mol. The zero-order valence-corrected chi connectivity index (χ0v) is 16.0. The molecule has 0 spiro atoms. The number of hydrogen-bond donors (Lipinski definition) is 2. The number of benzene rings is 2. The molecule has 150 valence electrons. The minimum Gasteiger partial charge on any atom is -0.352 e. The van der Waals surface area contributed by atoms with Crippen LogP contribution in [0.1, 0.15) is 28.4 Å². The van der Waals surface area contributed by atoms with Gasteiger partial charge in [-0.05, 0) is 29.8 Å². The lowest BCUT2D eigenvalue weighted by Gasteiger charge is -2.07. The van der Waals surface area contributed by atoms with Gasteiger partial charge in [0.1, 0.15) is 0 Å². The quantitative estimate of drug-likeness (QED) is 0.629. The van der Waals surface area contributed by atoms with Crippen molar-refractivity contribution < 1.29 is 22.8 Å². The van der Waals surface area contributed by atoms with Crippen molar-refractivity contribution >= 4 is 28.3 Å². The fourth-order valence-corrected chi connectivity index (χ4v) is 3.18. The summed E-state index contributed by atoms with van der Waals surface area (Å²) in [7, 11) is 0. The second kappa shape index (κ2) is 8.44. The zero-order valence-electron chi connectivity index (χ0n) is 15.2. The van der Waals surface area contributed by atoms with Gasteiger partial charge in [0.2, 0.25) is 5.91 Å². The lowest BCUT2D eigenvalue weighted by atomic mass is 10.1. The first kappa shape index (κ1) is 20.5. The molecule has 0 saturated heterocycles. The first-order valence-corrected chi connectivity index (χ1v) is 9.38. The van der Waals surface area contributed by atoms with Crippen molar-refractivity contribution in [1.29, 1.82) is 0 Å². The molecule has 1 heterocycles. The fraction of sp³-hybridized carbons (Fsp3) is 0.150. The molecule has 0 fully saturated rings. The first-order valence-electron chi connectivity index (χ1n) is 8.50. The zero-order chi connectivity index (χ0) is 21.0. The molecule has 1 aromatic heterocycles. The van der Waals surface area contributed by atoms with Crippen LogP contribution in [-0.2, 0) is 17.5 Å². The van der Waals surface area contributed by atoms with Crippen molar-refractivity contribution in [1.82, 2.24) is 10.3 Å². The fourth-order valence-electron chi connectivity index (χ4n) is 2.46. The van der Waals surface area contributed by atoms with Crippen molar-refractivity contribution in [2.24, 2.45) is 0 Å². The molecular weight excluding hydrogens is 403 g/mol. The smallest absolute Gasteiger partial charge is 0.352 e. The molecule has 29 heavy (non-hydrogen) atoms. The molecule has 5 nitrogen and oxygen atoms in total. The van der Waals surface area contributed by atoms with E-state index in [1.54, 1.807) is 5.38 Å². The number of aromatic nitrogens is 1. The summed E-state index contributed by atoms with van der Waals surface area (Å²) in [5.74, 6) is -0.646. The maximum absolute atomic E-state index is 12.6. The van der Waals surface area contributed by atoms with Gasteiger partial charge in [0.25, 0.3) is 5.91 Å². The lowest BCUT2D eigenvalue weighted by molar-refractivity contribution is -0.137. The van der Waals surface area contributed by atoms with E-state index in [2.05, 4.69) is 15.6 Å². The van der Waals surface area contributed by atoms with Crippen molar-refractivity contribution in [2.75, 3.05) is 5.32 Å². The summed E-state index contributed by atoms with van der Waals surface area (Å²) in [6, 6.07) is 11.4. The highest BCUT2D eigenvalue weighted by atomic mass is 32.1. The Morgan fingerprint density at radius 1 is 1.03 bits per heavy atom. The van der Waals surface area contributed by atoms with Gasteiger partial charge in [0, 0.05) is 30.0 Å². The van der Waals surface area contributed by atoms with Crippen LogP contribution in [0.2, 0.25) is 0 Å². The third-order valence-electron chi connectivity index (χ3n) is 3.99. The Labute approximate surface area is 168 Å². The molecule has 0 unspecified atom stereocenters. The molecule has 0 aliphatic rings. The molecule has 0 saturated carbocycles. The van der Waals surface area contributed by atoms with E-state index >= 15 is 0 Å². The molecule has 2 amide bonds. The maximum atomic E-state index is 12.6. The van der Waals surface area contributed by atoms with Crippen LogP contribution in [0.5, 0.6) is 0 Å². The Hall–Kier alpha value is -3.20. The summed E-state index contributed by atoms with van der Waals surface area (Å²) in [6.45, 7) is 1.88. The minimum absolute atomic E-state index is 0.108. The molecule has 0 aliphatic heterocycles. The van der Waals surface area contributed by atoms with Crippen LogP contribution in [0.25, 0.3) is 11.3 Å². The Bertz CT molecular complexity index is 1010. The molecule has 2 aromatic carbocycles. The third kappa shape index (κ3) is 5.41. The molecule has 3 aromatic rings. The number of amides is 2. The van der Waals surface area contributed by atoms with E-state index < -0.39 is 17.6 Å². The second-order valence-electron chi connectivity index (χ2n) is 6.17. The summed E-state index contributed by atoms with van der Waals surface area (Å²) < 4.78 is 37.8. The van der Waals surface area contributed by atoms with Crippen molar-refractivity contribution in [3.05, 3.63) is 70.6 Å². The van der Waals surface area contributed by atoms with Crippen LogP contribution in [0.3, 0.4) is 0 Å². The largest absolute Gasteiger partial charge is 0.416 e. The number of anilines is 1. The van der Waals surface area contributed by atoms with Gasteiger partial charge >= 0.3 is 6.18 Å². The van der Waals surface area contributed by atoms with Crippen molar-refractivity contribution in [2.45, 2.75) is 19.6 Å². The predicted octanol–water partition coefficient (Wildman–Crippen LogP) is 4.72. The van der Waals surface area contributed by atoms with Gasteiger partial charge in [-0.25, -0.2) is 4.98 Å². The van der Waals surface area contributed by atoms with Gasteiger partial charge in [-0.1, -0.05) is 24.3 Å². The van der Waals surface area contributed by atoms with Gasteiger partial charge in [-0.2, -0.15) is 13.2 Å². The van der Waals surface area contributed by atoms with Crippen LogP contribution in [0.15, 0.2) is 53.9 Å². The topological polar surface area (TPSA) is 71.1 Å². The van der Waals surface area contributed by atoms with E-state index in [1.165, 1.54) is 18.3 Å². The number of thiazole rings is 1. The number of carbonyl (C=O) groups is 2. The summed E-state index contributed by atoms with van der Waals surface area (Å²) in [6.07, 6.45) is -4.45. The summed E-state index contributed by atoms with van der Waals surface area (Å²) in [5.41, 5.74) is 1.73. The van der Waals surface area contributed by atoms with E-state index in [9.17, 15) is 22.8 Å². The van der Waals surface area contributed by atoms with Crippen LogP contribution in [0.4, 0.5) is 18.3 Å². The van der Waals surface area contributed by atoms with Crippen LogP contribution in [0, 0.1) is 0 Å². The van der Waals surface area contributed by atoms with Crippen LogP contribution < -0.4 is 10.6 Å². The van der Waals surface area contributed by atoms with E-state index in [-0.39, 0.29) is 11.5 Å². The second-order valence-corrected chi connectivity index (χ2v) is 7.03. The lowest BCUT2D eigenvalue weighted by Crippen LogP contribution is -2.18. The highest BCUT2D eigenvalue weighted by molar-refractivity contribution is 7.14. The van der Waals surface area contributed by atoms with Crippen molar-refractivity contribution in [3.8, 4) is 11.3 Å². The summed E-state index contributed by atoms with van der Waals surface area (Å²) in [5, 5.41) is 7.41. The summed E-state index contributed by atoms with van der Waals surface area (Å²) in [4.78, 5) is 27.5. The molecule has 0 bridgehead atoms. The molecule has 9 heteroatoms. The Morgan fingerprint density at radius 3 is 2.28 bits per heavy atom. The standard InChI is InChI=1S/C20H16F3N3O2S/c1-12(27)24-10-13-2-4-14(5-3-13)17-11-29-19(25-17)26-18(28)15-6-8-16(9-7-15)20(21,22)23/h2-9,11H,10H2,1H3,(H,24,27)(H,25,26,28). The average Bonchev–Trinajstić information content (AvgIpc) is 3.14. The number of rotatable bonds is 5. The molecule has 0 aliphatic carbocycles. The third-order valence-corrected chi connectivity index (χ3v) is 4.75. The number of nitrogens with one attached hydrogen (secondary N) is 2. The predicted molar refractivity (Wildman–Crippen MR) is 104 cm³/mol. The average molecular weight is 419 g/mol. The number of carbonyl (C=O) groups excluding carboxylic acids is 2. The van der Waals surface area contributed by atoms with Gasteiger partial charge in [0.05, 0.1) is 11.3 Å². The minimum atomic E-state index is -4.45. The Balaban J connectivity index is 1.65. The van der Waals surface area contributed by atoms with Crippen LogP contribution in [-0.4, -0.2) is 16.8 Å². The summed E-state index contributed by atoms with van der Waals surface area (Å²) >= 11 is 1.21. The SMILES string of the molecule is CC(=O)NCc1ccc(-c2csc(NC(=O)c3ccc(C(F)(F)F)cc3)n2)cc1. The Morgan fingerprint density at radius 2 is 1.69 bits per heavy atom. The van der Waals surface area contributed by atoms with Gasteiger partial charge < -0.3 is 5.32 Å². The van der Waals surface area contributed by atoms with Gasteiger partial charge in [-0.15, -0.1) is 11.3 Å². The molecule has 3 rings (SSSR count). The van der Waals surface area contributed by atoms with Crippen LogP contribution >= 0.6 is 11.3 Å². The highest BCUT2D eigenvalue weighted by Gasteiger charge is 2.30. The maximum Gasteiger partial charge on any atom is 0.416 e. The van der Waals surface area contributed by atoms with Crippen molar-refractivity contribution in [3.63, 3.8) is 0 Å². The number of nitrogens with zero attached hydrogens (tertiary/aromatic N) is 1. The molecule has 0 radical (unpaired) electrons. The van der Waals surface area contributed by atoms with Gasteiger partial charge in [-0.3, -0.25) is 14.9 Å². The van der Waals surface area contributed by atoms with E-state index in [1.807, 2.05) is 24.3 Å². The molecule has 0 atom stereocenters. The number of alkyl halides is 3. The van der Waals surface area contributed by atoms with E-state index in [0.717, 1.165) is 35.4 Å². The molecule has 2 N–H and O–H groups in total. The number of halogens is 3. The van der Waals surface area contributed by atoms with E-state index in [4.69, 9.17) is 0 Å². The highest BCUT2D eigenvalue weighted by Crippen LogP contribution is 2.29. The Kier molecular flexibility index (Phi) is 5.97. The first-order chi connectivity index (χ1) is 13.7.